The molecule has 28 heavy (non-hydrogen) atoms. The second-order valence-corrected chi connectivity index (χ2v) is 6.85. The van der Waals surface area contributed by atoms with Gasteiger partial charge in [-0.3, -0.25) is 9.59 Å². The molecular weight excluding hydrogens is 361 g/mol. The van der Waals surface area contributed by atoms with E-state index in [0.29, 0.717) is 40.6 Å². The first-order valence-electron chi connectivity index (χ1n) is 9.09. The highest BCUT2D eigenvalue weighted by molar-refractivity contribution is 6.09. The molecule has 1 aliphatic rings. The predicted molar refractivity (Wildman–Crippen MR) is 103 cm³/mol. The van der Waals surface area contributed by atoms with Crippen molar-refractivity contribution in [2.75, 3.05) is 18.4 Å². The number of benzene rings is 1. The van der Waals surface area contributed by atoms with E-state index in [1.54, 1.807) is 17.0 Å². The number of pyridine rings is 2. The first kappa shape index (κ1) is 17.9. The minimum absolute atomic E-state index is 0.0892. The number of nitrogens with one attached hydrogen (secondary N) is 2. The zero-order valence-electron chi connectivity index (χ0n) is 15.0. The van der Waals surface area contributed by atoms with Crippen LogP contribution in [0.1, 0.15) is 19.3 Å². The van der Waals surface area contributed by atoms with Gasteiger partial charge >= 0.3 is 0 Å². The topological polar surface area (TPSA) is 102 Å². The molecule has 0 unspecified atom stereocenters. The molecule has 4 rings (SSSR count). The number of hydrogen-bond donors (Lipinski definition) is 2. The van der Waals surface area contributed by atoms with Gasteiger partial charge in [-0.05, 0) is 37.1 Å². The van der Waals surface area contributed by atoms with Crippen LogP contribution in [0.15, 0.2) is 35.3 Å². The maximum atomic E-state index is 13.9. The van der Waals surface area contributed by atoms with Crippen molar-refractivity contribution in [3.63, 3.8) is 0 Å². The first-order valence-corrected chi connectivity index (χ1v) is 9.09. The maximum absolute atomic E-state index is 13.9. The molecule has 0 aliphatic carbocycles. The van der Waals surface area contributed by atoms with Crippen LogP contribution in [0.5, 0.6) is 0 Å². The van der Waals surface area contributed by atoms with Crippen molar-refractivity contribution in [2.24, 2.45) is 0 Å². The van der Waals surface area contributed by atoms with Crippen molar-refractivity contribution >= 4 is 33.4 Å². The number of aromatic amines is 1. The summed E-state index contributed by atoms with van der Waals surface area (Å²) >= 11 is 0. The highest BCUT2D eigenvalue weighted by Crippen LogP contribution is 2.29. The van der Waals surface area contributed by atoms with Gasteiger partial charge in [-0.15, -0.1) is 0 Å². The van der Waals surface area contributed by atoms with Crippen molar-refractivity contribution in [3.05, 3.63) is 46.6 Å². The number of H-pyrrole nitrogens is 1. The minimum Gasteiger partial charge on any atom is -0.367 e. The van der Waals surface area contributed by atoms with E-state index in [1.807, 2.05) is 6.07 Å². The van der Waals surface area contributed by atoms with Crippen LogP contribution < -0.4 is 10.9 Å². The van der Waals surface area contributed by atoms with Gasteiger partial charge in [0, 0.05) is 36.1 Å². The van der Waals surface area contributed by atoms with Gasteiger partial charge in [0.15, 0.2) is 0 Å². The number of rotatable bonds is 3. The van der Waals surface area contributed by atoms with Crippen LogP contribution in [0.25, 0.3) is 21.7 Å². The van der Waals surface area contributed by atoms with Crippen molar-refractivity contribution < 1.29 is 9.18 Å². The standard InChI is InChI=1S/C20H18FN5O2/c21-12-1-2-14-15(11-12)18-16(4-8-23-20(18)28)25-19(14)24-13-5-9-26(10-6-13)17(27)3-7-22/h1-2,4,8,11,13H,3,5-6,9-10H2,(H,23,28)(H,24,25). The Bertz CT molecular complexity index is 1160. The molecule has 0 atom stereocenters. The zero-order valence-corrected chi connectivity index (χ0v) is 15.0. The Labute approximate surface area is 159 Å². The van der Waals surface area contributed by atoms with Crippen LogP contribution in [0.4, 0.5) is 10.2 Å². The lowest BCUT2D eigenvalue weighted by atomic mass is 10.0. The van der Waals surface area contributed by atoms with Crippen LogP contribution in [0, 0.1) is 17.1 Å². The number of fused-ring (bicyclic) bond motifs is 3. The first-order chi connectivity index (χ1) is 13.6. The van der Waals surface area contributed by atoms with Gasteiger partial charge in [-0.25, -0.2) is 9.37 Å². The molecule has 2 aromatic heterocycles. The molecule has 3 heterocycles. The second kappa shape index (κ2) is 7.27. The van der Waals surface area contributed by atoms with E-state index in [1.165, 1.54) is 18.3 Å². The third-order valence-electron chi connectivity index (χ3n) is 5.10. The van der Waals surface area contributed by atoms with Crippen molar-refractivity contribution in [2.45, 2.75) is 25.3 Å². The Balaban J connectivity index is 1.65. The van der Waals surface area contributed by atoms with Crippen LogP contribution in [-0.4, -0.2) is 39.9 Å². The van der Waals surface area contributed by atoms with E-state index in [0.717, 1.165) is 12.8 Å². The Morgan fingerprint density at radius 3 is 2.86 bits per heavy atom. The number of carbonyl (C=O) groups excluding carboxylic acids is 1. The molecule has 1 aliphatic heterocycles. The van der Waals surface area contributed by atoms with E-state index in [-0.39, 0.29) is 23.9 Å². The van der Waals surface area contributed by atoms with Gasteiger partial charge in [0.25, 0.3) is 5.56 Å². The maximum Gasteiger partial charge on any atom is 0.258 e. The van der Waals surface area contributed by atoms with Crippen molar-refractivity contribution in [3.8, 4) is 6.07 Å². The molecule has 3 aromatic rings. The number of piperidine rings is 1. The third-order valence-corrected chi connectivity index (χ3v) is 5.10. The van der Waals surface area contributed by atoms with Gasteiger partial charge in [0.1, 0.15) is 18.1 Å². The largest absolute Gasteiger partial charge is 0.367 e. The molecule has 7 nitrogen and oxygen atoms in total. The van der Waals surface area contributed by atoms with Gasteiger partial charge in [-0.1, -0.05) is 0 Å². The summed E-state index contributed by atoms with van der Waals surface area (Å²) in [5.41, 5.74) is 0.183. The monoisotopic (exact) mass is 379 g/mol. The summed E-state index contributed by atoms with van der Waals surface area (Å²) in [4.78, 5) is 33.0. The molecular formula is C20H18FN5O2. The molecule has 0 saturated carbocycles. The fourth-order valence-electron chi connectivity index (χ4n) is 3.69. The number of nitrogens with zero attached hydrogens (tertiary/aromatic N) is 3. The van der Waals surface area contributed by atoms with E-state index >= 15 is 0 Å². The zero-order chi connectivity index (χ0) is 19.7. The van der Waals surface area contributed by atoms with E-state index in [2.05, 4.69) is 15.3 Å². The molecule has 0 radical (unpaired) electrons. The summed E-state index contributed by atoms with van der Waals surface area (Å²) in [5.74, 6) is 0.0262. The number of aromatic nitrogens is 2. The molecule has 2 N–H and O–H groups in total. The van der Waals surface area contributed by atoms with E-state index in [9.17, 15) is 14.0 Å². The molecule has 1 fully saturated rings. The smallest absolute Gasteiger partial charge is 0.258 e. The third kappa shape index (κ3) is 3.27. The van der Waals surface area contributed by atoms with Crippen LogP contribution in [0.3, 0.4) is 0 Å². The summed E-state index contributed by atoms with van der Waals surface area (Å²) in [6.07, 6.45) is 2.85. The van der Waals surface area contributed by atoms with Gasteiger partial charge in [0.2, 0.25) is 5.91 Å². The quantitative estimate of drug-likeness (QED) is 0.681. The lowest BCUT2D eigenvalue weighted by Crippen LogP contribution is -2.42. The number of nitriles is 1. The number of likely N-dealkylation sites (tertiary alicyclic amines) is 1. The van der Waals surface area contributed by atoms with Gasteiger partial charge in [0.05, 0.1) is 17.0 Å². The molecule has 142 valence electrons. The molecule has 8 heteroatoms. The highest BCUT2D eigenvalue weighted by atomic mass is 19.1. The van der Waals surface area contributed by atoms with Crippen LogP contribution in [0.2, 0.25) is 0 Å². The number of halogens is 1. The summed E-state index contributed by atoms with van der Waals surface area (Å²) < 4.78 is 13.9. The van der Waals surface area contributed by atoms with Gasteiger partial charge in [-0.2, -0.15) is 5.26 Å². The Kier molecular flexibility index (Phi) is 4.65. The lowest BCUT2D eigenvalue weighted by molar-refractivity contribution is -0.131. The molecule has 1 saturated heterocycles. The highest BCUT2D eigenvalue weighted by Gasteiger charge is 2.23. The molecule has 1 aromatic carbocycles. The van der Waals surface area contributed by atoms with Crippen LogP contribution in [-0.2, 0) is 4.79 Å². The van der Waals surface area contributed by atoms with E-state index in [4.69, 9.17) is 5.26 Å². The SMILES string of the molecule is N#CCC(=O)N1CCC(Nc2nc3cc[nH]c(=O)c3c3cc(F)ccc23)CC1. The molecule has 1 amide bonds. The number of anilines is 1. The number of amides is 1. The number of hydrogen-bond acceptors (Lipinski definition) is 5. The summed E-state index contributed by atoms with van der Waals surface area (Å²) in [5, 5.41) is 13.6. The summed E-state index contributed by atoms with van der Waals surface area (Å²) in [6.45, 7) is 1.13. The van der Waals surface area contributed by atoms with Crippen LogP contribution >= 0.6 is 0 Å². The van der Waals surface area contributed by atoms with Crippen molar-refractivity contribution in [1.29, 1.82) is 5.26 Å². The second-order valence-electron chi connectivity index (χ2n) is 6.85. The lowest BCUT2D eigenvalue weighted by Gasteiger charge is -2.32. The minimum atomic E-state index is -0.418. The summed E-state index contributed by atoms with van der Waals surface area (Å²) in [6, 6.07) is 7.99. The molecule has 0 spiro atoms. The fraction of sp³-hybridized carbons (Fsp3) is 0.300. The predicted octanol–water partition coefficient (Wildman–Crippen LogP) is 2.53. The van der Waals surface area contributed by atoms with Crippen molar-refractivity contribution in [1.82, 2.24) is 14.9 Å². The van der Waals surface area contributed by atoms with Gasteiger partial charge < -0.3 is 15.2 Å². The Morgan fingerprint density at radius 1 is 1.32 bits per heavy atom. The average Bonchev–Trinajstić information content (AvgIpc) is 2.68. The van der Waals surface area contributed by atoms with E-state index < -0.39 is 5.82 Å². The summed E-state index contributed by atoms with van der Waals surface area (Å²) in [7, 11) is 0. The Hall–Kier alpha value is -3.47. The normalized spacial score (nSPS) is 14.9. The Morgan fingerprint density at radius 2 is 2.11 bits per heavy atom. The average molecular weight is 379 g/mol. The molecule has 0 bridgehead atoms. The fourth-order valence-corrected chi connectivity index (χ4v) is 3.69. The number of carbonyl (C=O) groups is 1.